The van der Waals surface area contributed by atoms with Gasteiger partial charge < -0.3 is 5.11 Å². The van der Waals surface area contributed by atoms with Crippen molar-refractivity contribution in [2.45, 2.75) is 30.6 Å². The fourth-order valence-electron chi connectivity index (χ4n) is 2.74. The van der Waals surface area contributed by atoms with Crippen LogP contribution >= 0.6 is 11.6 Å². The molecule has 1 aromatic carbocycles. The van der Waals surface area contributed by atoms with E-state index in [1.807, 2.05) is 0 Å². The third-order valence-corrected chi connectivity index (χ3v) is 6.16. The zero-order chi connectivity index (χ0) is 15.3. The molecule has 0 unspecified atom stereocenters. The lowest BCUT2D eigenvalue weighted by molar-refractivity contribution is 0.0697. The Morgan fingerprint density at radius 2 is 2.05 bits per heavy atom. The summed E-state index contributed by atoms with van der Waals surface area (Å²) < 4.78 is 27.2. The quantitative estimate of drug-likeness (QED) is 0.840. The maximum atomic E-state index is 12.3. The lowest BCUT2D eigenvalue weighted by atomic mass is 10.0. The van der Waals surface area contributed by atoms with Crippen molar-refractivity contribution < 1.29 is 18.3 Å². The summed E-state index contributed by atoms with van der Waals surface area (Å²) in [6.07, 6.45) is 4.51. The van der Waals surface area contributed by atoms with Gasteiger partial charge in [-0.1, -0.05) is 11.6 Å². The molecule has 0 aliphatic heterocycles. The molecular formula is C14H16ClNO4S. The van der Waals surface area contributed by atoms with Crippen molar-refractivity contribution in [3.8, 4) is 0 Å². The van der Waals surface area contributed by atoms with E-state index in [2.05, 4.69) is 4.72 Å². The van der Waals surface area contributed by atoms with Crippen LogP contribution in [0.3, 0.4) is 0 Å². The standard InChI is InChI=1S/C14H16ClNO4S/c15-12-4-3-10(7-11(12)13(17)18)21(19,20)16-8-14(5-6-14)9-1-2-9/h3-4,7,9,16H,1-2,5-6,8H2,(H,17,18). The second-order valence-corrected chi connectivity index (χ2v) is 8.08. The summed E-state index contributed by atoms with van der Waals surface area (Å²) in [7, 11) is -3.70. The van der Waals surface area contributed by atoms with E-state index >= 15 is 0 Å². The number of halogens is 1. The molecule has 5 nitrogen and oxygen atoms in total. The predicted molar refractivity (Wildman–Crippen MR) is 78.0 cm³/mol. The van der Waals surface area contributed by atoms with E-state index in [4.69, 9.17) is 16.7 Å². The molecule has 21 heavy (non-hydrogen) atoms. The van der Waals surface area contributed by atoms with Gasteiger partial charge in [-0.05, 0) is 55.2 Å². The van der Waals surface area contributed by atoms with Crippen LogP contribution in [0.2, 0.25) is 5.02 Å². The van der Waals surface area contributed by atoms with Gasteiger partial charge >= 0.3 is 5.97 Å². The van der Waals surface area contributed by atoms with Crippen LogP contribution in [0, 0.1) is 11.3 Å². The number of sulfonamides is 1. The fraction of sp³-hybridized carbons (Fsp3) is 0.500. The van der Waals surface area contributed by atoms with E-state index in [9.17, 15) is 13.2 Å². The van der Waals surface area contributed by atoms with E-state index in [1.54, 1.807) is 0 Å². The second-order valence-electron chi connectivity index (χ2n) is 5.91. The van der Waals surface area contributed by atoms with Crippen molar-refractivity contribution in [1.29, 1.82) is 0 Å². The van der Waals surface area contributed by atoms with Crippen LogP contribution in [-0.2, 0) is 10.0 Å². The van der Waals surface area contributed by atoms with Crippen LogP contribution in [0.1, 0.15) is 36.0 Å². The molecule has 0 atom stereocenters. The highest BCUT2D eigenvalue weighted by molar-refractivity contribution is 7.89. The number of hydrogen-bond acceptors (Lipinski definition) is 3. The lowest BCUT2D eigenvalue weighted by Gasteiger charge is -2.15. The first-order chi connectivity index (χ1) is 9.84. The van der Waals surface area contributed by atoms with Crippen LogP contribution in [0.5, 0.6) is 0 Å². The molecule has 2 aliphatic carbocycles. The first-order valence-electron chi connectivity index (χ1n) is 6.87. The van der Waals surface area contributed by atoms with Gasteiger partial charge in [-0.25, -0.2) is 17.9 Å². The van der Waals surface area contributed by atoms with Crippen LogP contribution in [-0.4, -0.2) is 26.0 Å². The van der Waals surface area contributed by atoms with Crippen molar-refractivity contribution in [1.82, 2.24) is 4.72 Å². The fourth-order valence-corrected chi connectivity index (χ4v) is 4.11. The van der Waals surface area contributed by atoms with Crippen molar-refractivity contribution in [3.05, 3.63) is 28.8 Å². The third kappa shape index (κ3) is 2.93. The van der Waals surface area contributed by atoms with Gasteiger partial charge in [-0.15, -0.1) is 0 Å². The lowest BCUT2D eigenvalue weighted by Crippen LogP contribution is -2.31. The molecule has 0 amide bonds. The van der Waals surface area contributed by atoms with E-state index in [1.165, 1.54) is 25.0 Å². The molecule has 7 heteroatoms. The number of benzene rings is 1. The molecular weight excluding hydrogens is 314 g/mol. The summed E-state index contributed by atoms with van der Waals surface area (Å²) in [5, 5.41) is 9.03. The van der Waals surface area contributed by atoms with Crippen LogP contribution < -0.4 is 4.72 Å². The number of carboxylic acid groups (broad SMARTS) is 1. The first-order valence-corrected chi connectivity index (χ1v) is 8.73. The Hall–Kier alpha value is -1.11. The Morgan fingerprint density at radius 1 is 1.38 bits per heavy atom. The molecule has 0 heterocycles. The Bertz CT molecular complexity index is 693. The first kappa shape index (κ1) is 14.8. The smallest absolute Gasteiger partial charge is 0.337 e. The highest BCUT2D eigenvalue weighted by atomic mass is 35.5. The summed E-state index contributed by atoms with van der Waals surface area (Å²) in [5.74, 6) is -0.589. The molecule has 2 aliphatic rings. The monoisotopic (exact) mass is 329 g/mol. The Kier molecular flexibility index (Phi) is 3.50. The summed E-state index contributed by atoms with van der Waals surface area (Å²) >= 11 is 5.75. The highest BCUT2D eigenvalue weighted by Crippen LogP contribution is 2.60. The number of hydrogen-bond donors (Lipinski definition) is 2. The molecule has 0 bridgehead atoms. The second kappa shape index (κ2) is 4.97. The molecule has 2 saturated carbocycles. The molecule has 2 fully saturated rings. The van der Waals surface area contributed by atoms with E-state index < -0.39 is 16.0 Å². The largest absolute Gasteiger partial charge is 0.478 e. The predicted octanol–water partition coefficient (Wildman–Crippen LogP) is 2.51. The van der Waals surface area contributed by atoms with Crippen molar-refractivity contribution in [2.24, 2.45) is 11.3 Å². The van der Waals surface area contributed by atoms with Gasteiger partial charge in [-0.3, -0.25) is 0 Å². The molecule has 3 rings (SSSR count). The minimum Gasteiger partial charge on any atom is -0.478 e. The minimum absolute atomic E-state index is 0.0260. The number of carbonyl (C=O) groups is 1. The SMILES string of the molecule is O=C(O)c1cc(S(=O)(=O)NCC2(C3CC3)CC2)ccc1Cl. The van der Waals surface area contributed by atoms with E-state index in [0.717, 1.165) is 18.9 Å². The van der Waals surface area contributed by atoms with Gasteiger partial charge in [0.05, 0.1) is 15.5 Å². The number of carboxylic acids is 1. The molecule has 0 spiro atoms. The number of aromatic carboxylic acids is 1. The molecule has 114 valence electrons. The average molecular weight is 330 g/mol. The maximum absolute atomic E-state index is 12.3. The highest BCUT2D eigenvalue weighted by Gasteiger charge is 2.53. The van der Waals surface area contributed by atoms with E-state index in [-0.39, 0.29) is 20.9 Å². The Labute approximate surface area is 128 Å². The van der Waals surface area contributed by atoms with Crippen molar-refractivity contribution in [3.63, 3.8) is 0 Å². The summed E-state index contributed by atoms with van der Waals surface area (Å²) in [6, 6.07) is 3.73. The zero-order valence-electron chi connectivity index (χ0n) is 11.3. The van der Waals surface area contributed by atoms with Gasteiger partial charge in [0, 0.05) is 6.54 Å². The maximum Gasteiger partial charge on any atom is 0.337 e. The van der Waals surface area contributed by atoms with Gasteiger partial charge in [0.2, 0.25) is 10.0 Å². The van der Waals surface area contributed by atoms with Crippen LogP contribution in [0.15, 0.2) is 23.1 Å². The number of nitrogens with one attached hydrogen (secondary N) is 1. The summed E-state index contributed by atoms with van der Waals surface area (Å²) in [6.45, 7) is 0.436. The average Bonchev–Trinajstić information content (AvgIpc) is 3.27. The molecule has 0 aromatic heterocycles. The van der Waals surface area contributed by atoms with E-state index in [0.29, 0.717) is 12.5 Å². The van der Waals surface area contributed by atoms with Gasteiger partial charge in [-0.2, -0.15) is 0 Å². The Morgan fingerprint density at radius 3 is 2.57 bits per heavy atom. The van der Waals surface area contributed by atoms with Crippen molar-refractivity contribution >= 4 is 27.6 Å². The molecule has 0 radical (unpaired) electrons. The Balaban J connectivity index is 1.78. The minimum atomic E-state index is -3.70. The summed E-state index contributed by atoms with van der Waals surface area (Å²) in [5.41, 5.74) is -0.0577. The molecule has 0 saturated heterocycles. The van der Waals surface area contributed by atoms with Gasteiger partial charge in [0.15, 0.2) is 0 Å². The summed E-state index contributed by atoms with van der Waals surface area (Å²) in [4.78, 5) is 11.0. The number of rotatable bonds is 6. The topological polar surface area (TPSA) is 83.5 Å². The van der Waals surface area contributed by atoms with Crippen molar-refractivity contribution in [2.75, 3.05) is 6.54 Å². The molecule has 1 aromatic rings. The third-order valence-electron chi connectivity index (χ3n) is 4.43. The molecule has 2 N–H and O–H groups in total. The normalized spacial score (nSPS) is 20.2. The van der Waals surface area contributed by atoms with Crippen LogP contribution in [0.4, 0.5) is 0 Å². The van der Waals surface area contributed by atoms with Crippen LogP contribution in [0.25, 0.3) is 0 Å². The van der Waals surface area contributed by atoms with Gasteiger partial charge in [0.1, 0.15) is 0 Å². The van der Waals surface area contributed by atoms with Gasteiger partial charge in [0.25, 0.3) is 0 Å². The zero-order valence-corrected chi connectivity index (χ0v) is 12.9.